The number of carbonyl (C=O) groups excluding carboxylic acids is 1. The summed E-state index contributed by atoms with van der Waals surface area (Å²) >= 11 is 0. The number of carbonyl (C=O) groups is 1. The Balaban J connectivity index is 1.55. The molecular formula is C17H24N4O3S. The summed E-state index contributed by atoms with van der Waals surface area (Å²) in [4.78, 5) is 18.5. The Morgan fingerprint density at radius 2 is 2.20 bits per heavy atom. The van der Waals surface area contributed by atoms with Crippen molar-refractivity contribution in [2.45, 2.75) is 25.9 Å². The van der Waals surface area contributed by atoms with E-state index in [1.54, 1.807) is 7.05 Å². The van der Waals surface area contributed by atoms with E-state index in [-0.39, 0.29) is 30.0 Å². The standard InChI is InChI=1S/C17H24N4O3S/c1-12-19-15-8-13(4-5-16(15)21(12)3)9-18-17(22)10-20(2)14-6-7-25(23,24)11-14/h4-5,8,14H,6-7,9-11H2,1-3H3,(H,18,22)/t14-/m0/s1. The summed E-state index contributed by atoms with van der Waals surface area (Å²) in [6.07, 6.45) is 0.599. The Labute approximate surface area is 147 Å². The molecule has 1 fully saturated rings. The first-order valence-electron chi connectivity index (χ1n) is 8.34. The molecule has 1 aromatic carbocycles. The van der Waals surface area contributed by atoms with Gasteiger partial charge in [0.1, 0.15) is 5.82 Å². The van der Waals surface area contributed by atoms with Crippen molar-refractivity contribution >= 4 is 26.8 Å². The fourth-order valence-corrected chi connectivity index (χ4v) is 5.02. The van der Waals surface area contributed by atoms with Gasteiger partial charge in [0.15, 0.2) is 9.84 Å². The van der Waals surface area contributed by atoms with Crippen LogP contribution in [0.3, 0.4) is 0 Å². The number of amides is 1. The SMILES string of the molecule is Cc1nc2cc(CNC(=O)CN(C)[C@H]3CCS(=O)(=O)C3)ccc2n1C. The summed E-state index contributed by atoms with van der Waals surface area (Å²) in [5.74, 6) is 1.20. The highest BCUT2D eigenvalue weighted by Gasteiger charge is 2.31. The smallest absolute Gasteiger partial charge is 0.234 e. The van der Waals surface area contributed by atoms with Crippen LogP contribution < -0.4 is 5.32 Å². The fraction of sp³-hybridized carbons (Fsp3) is 0.529. The maximum absolute atomic E-state index is 12.1. The number of benzene rings is 1. The predicted octanol–water partition coefficient (Wildman–Crippen LogP) is 0.617. The van der Waals surface area contributed by atoms with Crippen LogP contribution in [0.15, 0.2) is 18.2 Å². The molecule has 25 heavy (non-hydrogen) atoms. The highest BCUT2D eigenvalue weighted by molar-refractivity contribution is 7.91. The number of aryl methyl sites for hydroxylation is 2. The number of rotatable bonds is 5. The van der Waals surface area contributed by atoms with Gasteiger partial charge in [-0.25, -0.2) is 13.4 Å². The summed E-state index contributed by atoms with van der Waals surface area (Å²) in [7, 11) is 0.841. The zero-order valence-corrected chi connectivity index (χ0v) is 15.6. The quantitative estimate of drug-likeness (QED) is 0.841. The van der Waals surface area contributed by atoms with Crippen molar-refractivity contribution in [3.63, 3.8) is 0 Å². The lowest BCUT2D eigenvalue weighted by molar-refractivity contribution is -0.122. The van der Waals surface area contributed by atoms with Crippen molar-refractivity contribution in [3.8, 4) is 0 Å². The average molecular weight is 364 g/mol. The Hall–Kier alpha value is -1.93. The molecule has 1 saturated heterocycles. The Kier molecular flexibility index (Phi) is 4.83. The van der Waals surface area contributed by atoms with E-state index in [1.807, 2.05) is 41.6 Å². The van der Waals surface area contributed by atoms with Crippen LogP contribution in [0.1, 0.15) is 17.8 Å². The van der Waals surface area contributed by atoms with Gasteiger partial charge in [-0.05, 0) is 38.1 Å². The first kappa shape index (κ1) is 17.9. The number of nitrogens with zero attached hydrogens (tertiary/aromatic N) is 3. The van der Waals surface area contributed by atoms with E-state index in [0.717, 1.165) is 22.4 Å². The average Bonchev–Trinajstić information content (AvgIpc) is 3.05. The summed E-state index contributed by atoms with van der Waals surface area (Å²) in [6, 6.07) is 5.91. The van der Waals surface area contributed by atoms with Gasteiger partial charge < -0.3 is 9.88 Å². The monoisotopic (exact) mass is 364 g/mol. The van der Waals surface area contributed by atoms with Gasteiger partial charge in [-0.15, -0.1) is 0 Å². The third kappa shape index (κ3) is 4.01. The van der Waals surface area contributed by atoms with Crippen molar-refractivity contribution in [3.05, 3.63) is 29.6 Å². The number of fused-ring (bicyclic) bond motifs is 1. The molecule has 3 rings (SSSR count). The third-order valence-corrected chi connectivity index (χ3v) is 6.63. The van der Waals surface area contributed by atoms with Gasteiger partial charge in [0, 0.05) is 19.6 Å². The molecular weight excluding hydrogens is 340 g/mol. The van der Waals surface area contributed by atoms with Crippen LogP contribution >= 0.6 is 0 Å². The molecule has 0 spiro atoms. The molecule has 0 saturated carbocycles. The summed E-state index contributed by atoms with van der Waals surface area (Å²) in [5.41, 5.74) is 2.97. The normalized spacial score (nSPS) is 19.6. The van der Waals surface area contributed by atoms with Gasteiger partial charge in [-0.3, -0.25) is 9.69 Å². The lowest BCUT2D eigenvalue weighted by atomic mass is 10.2. The van der Waals surface area contributed by atoms with E-state index in [4.69, 9.17) is 0 Å². The van der Waals surface area contributed by atoms with Gasteiger partial charge in [-0.2, -0.15) is 0 Å². The first-order valence-corrected chi connectivity index (χ1v) is 10.2. The molecule has 2 heterocycles. The summed E-state index contributed by atoms with van der Waals surface area (Å²) in [6.45, 7) is 2.59. The molecule has 1 amide bonds. The molecule has 8 heteroatoms. The number of aromatic nitrogens is 2. The topological polar surface area (TPSA) is 84.3 Å². The molecule has 0 radical (unpaired) electrons. The molecule has 2 aromatic rings. The van der Waals surface area contributed by atoms with Crippen LogP contribution in [-0.4, -0.2) is 59.9 Å². The van der Waals surface area contributed by atoms with Crippen LogP contribution in [0.25, 0.3) is 11.0 Å². The van der Waals surface area contributed by atoms with E-state index in [9.17, 15) is 13.2 Å². The van der Waals surface area contributed by atoms with Gasteiger partial charge in [0.25, 0.3) is 0 Å². The zero-order chi connectivity index (χ0) is 18.2. The molecule has 1 aromatic heterocycles. The Morgan fingerprint density at radius 3 is 2.88 bits per heavy atom. The molecule has 1 N–H and O–H groups in total. The minimum absolute atomic E-state index is 0.0661. The molecule has 7 nitrogen and oxygen atoms in total. The second-order valence-electron chi connectivity index (χ2n) is 6.79. The summed E-state index contributed by atoms with van der Waals surface area (Å²) < 4.78 is 25.1. The van der Waals surface area contributed by atoms with Crippen LogP contribution in [0, 0.1) is 6.92 Å². The van der Waals surface area contributed by atoms with Gasteiger partial charge in [-0.1, -0.05) is 6.07 Å². The highest BCUT2D eigenvalue weighted by Crippen LogP contribution is 2.17. The Bertz CT molecular complexity index is 904. The van der Waals surface area contributed by atoms with E-state index in [2.05, 4.69) is 10.3 Å². The van der Waals surface area contributed by atoms with Crippen molar-refractivity contribution in [1.82, 2.24) is 19.8 Å². The van der Waals surface area contributed by atoms with E-state index in [1.165, 1.54) is 0 Å². The largest absolute Gasteiger partial charge is 0.351 e. The molecule has 1 aliphatic rings. The van der Waals surface area contributed by atoms with Gasteiger partial charge in [0.2, 0.25) is 5.91 Å². The lowest BCUT2D eigenvalue weighted by Crippen LogP contribution is -2.41. The second kappa shape index (κ2) is 6.76. The van der Waals surface area contributed by atoms with Crippen molar-refractivity contribution in [1.29, 1.82) is 0 Å². The molecule has 0 aliphatic carbocycles. The molecule has 0 bridgehead atoms. The minimum atomic E-state index is -2.94. The van der Waals surface area contributed by atoms with Gasteiger partial charge in [0.05, 0.1) is 29.1 Å². The number of imidazole rings is 1. The van der Waals surface area contributed by atoms with E-state index >= 15 is 0 Å². The number of hydrogen-bond donors (Lipinski definition) is 1. The maximum atomic E-state index is 12.1. The highest BCUT2D eigenvalue weighted by atomic mass is 32.2. The van der Waals surface area contributed by atoms with Crippen LogP contribution in [-0.2, 0) is 28.2 Å². The molecule has 136 valence electrons. The van der Waals surface area contributed by atoms with Crippen LogP contribution in [0.5, 0.6) is 0 Å². The first-order chi connectivity index (χ1) is 11.7. The van der Waals surface area contributed by atoms with E-state index < -0.39 is 9.84 Å². The van der Waals surface area contributed by atoms with Crippen molar-refractivity contribution in [2.75, 3.05) is 25.1 Å². The minimum Gasteiger partial charge on any atom is -0.351 e. The van der Waals surface area contributed by atoms with Crippen LogP contribution in [0.4, 0.5) is 0 Å². The molecule has 1 aliphatic heterocycles. The second-order valence-corrected chi connectivity index (χ2v) is 9.02. The molecule has 0 unspecified atom stereocenters. The Morgan fingerprint density at radius 1 is 1.44 bits per heavy atom. The third-order valence-electron chi connectivity index (χ3n) is 4.88. The van der Waals surface area contributed by atoms with Crippen LogP contribution in [0.2, 0.25) is 0 Å². The predicted molar refractivity (Wildman–Crippen MR) is 97.0 cm³/mol. The van der Waals surface area contributed by atoms with E-state index in [0.29, 0.717) is 13.0 Å². The molecule has 1 atom stereocenters. The number of hydrogen-bond acceptors (Lipinski definition) is 5. The van der Waals surface area contributed by atoms with Crippen molar-refractivity contribution < 1.29 is 13.2 Å². The number of likely N-dealkylation sites (N-methyl/N-ethyl adjacent to an activating group) is 1. The van der Waals surface area contributed by atoms with Crippen molar-refractivity contribution in [2.24, 2.45) is 7.05 Å². The number of sulfone groups is 1. The fourth-order valence-electron chi connectivity index (χ4n) is 3.21. The zero-order valence-electron chi connectivity index (χ0n) is 14.8. The maximum Gasteiger partial charge on any atom is 0.234 e. The van der Waals surface area contributed by atoms with Gasteiger partial charge >= 0.3 is 0 Å². The lowest BCUT2D eigenvalue weighted by Gasteiger charge is -2.22. The number of nitrogens with one attached hydrogen (secondary N) is 1. The summed E-state index contributed by atoms with van der Waals surface area (Å²) in [5, 5.41) is 2.90.